The Morgan fingerprint density at radius 3 is 2.49 bits per heavy atom. The Hall–Kier alpha value is -5.46. The van der Waals surface area contributed by atoms with E-state index in [9.17, 15) is 14.4 Å². The van der Waals surface area contributed by atoms with Crippen LogP contribution >= 0.6 is 0 Å². The highest BCUT2D eigenvalue weighted by molar-refractivity contribution is 6.07. The number of amides is 1. The van der Waals surface area contributed by atoms with Crippen molar-refractivity contribution in [1.29, 1.82) is 0 Å². The number of benzene rings is 2. The number of aromatic nitrogens is 3. The smallest absolute Gasteiger partial charge is 0.466 e. The van der Waals surface area contributed by atoms with Crippen molar-refractivity contribution in [2.24, 2.45) is 17.8 Å². The van der Waals surface area contributed by atoms with Gasteiger partial charge in [-0.25, -0.2) is 19.8 Å². The summed E-state index contributed by atoms with van der Waals surface area (Å²) >= 11 is 0. The van der Waals surface area contributed by atoms with Crippen molar-refractivity contribution < 1.29 is 28.6 Å². The van der Waals surface area contributed by atoms with Gasteiger partial charge in [0.15, 0.2) is 6.73 Å². The molecule has 0 aliphatic carbocycles. The first-order chi connectivity index (χ1) is 21.8. The van der Waals surface area contributed by atoms with Crippen LogP contribution in [0, 0.1) is 0 Å². The quantitative estimate of drug-likeness (QED) is 0.118. The molecule has 0 aliphatic rings. The van der Waals surface area contributed by atoms with E-state index in [-0.39, 0.29) is 50.6 Å². The summed E-state index contributed by atoms with van der Waals surface area (Å²) in [6.45, 7) is 4.50. The molecule has 45 heavy (non-hydrogen) atoms. The number of anilines is 2. The highest BCUT2D eigenvalue weighted by Crippen LogP contribution is 2.21. The first kappa shape index (κ1) is 32.5. The van der Waals surface area contributed by atoms with Crippen LogP contribution in [0.1, 0.15) is 48.4 Å². The molecule has 0 saturated carbocycles. The topological polar surface area (TPSA) is 163 Å². The zero-order valence-corrected chi connectivity index (χ0v) is 25.6. The van der Waals surface area contributed by atoms with Crippen molar-refractivity contribution in [3.05, 3.63) is 83.8 Å². The molecule has 0 radical (unpaired) electrons. The first-order valence-corrected chi connectivity index (χ1v) is 14.6. The Kier molecular flexibility index (Phi) is 11.4. The number of nitrogens with zero attached hydrogens (tertiary/aromatic N) is 5. The second-order valence-corrected chi connectivity index (χ2v) is 9.84. The number of fused-ring (bicyclic) bond motifs is 1. The fourth-order valence-corrected chi connectivity index (χ4v) is 4.38. The number of esters is 1. The molecule has 2 aromatic carbocycles. The van der Waals surface area contributed by atoms with Crippen LogP contribution in [0.2, 0.25) is 0 Å². The number of ether oxygens (including phenoxy) is 3. The average Bonchev–Trinajstić information content (AvgIpc) is 3.37. The van der Waals surface area contributed by atoms with E-state index in [4.69, 9.17) is 24.9 Å². The van der Waals surface area contributed by atoms with Crippen molar-refractivity contribution in [3.63, 3.8) is 0 Å². The van der Waals surface area contributed by atoms with Gasteiger partial charge in [-0.05, 0) is 67.9 Å². The summed E-state index contributed by atoms with van der Waals surface area (Å²) in [4.78, 5) is 51.7. The van der Waals surface area contributed by atoms with Gasteiger partial charge in [0.25, 0.3) is 5.91 Å². The number of amidine groups is 1. The second-order valence-electron chi connectivity index (χ2n) is 9.84. The highest BCUT2D eigenvalue weighted by atomic mass is 16.7. The lowest BCUT2D eigenvalue weighted by molar-refractivity contribution is -0.142. The fraction of sp³-hybridized carbons (Fsp3) is 0.312. The predicted octanol–water partition coefficient (Wildman–Crippen LogP) is 4.41. The van der Waals surface area contributed by atoms with Gasteiger partial charge >= 0.3 is 12.1 Å². The Labute approximate surface area is 261 Å². The van der Waals surface area contributed by atoms with E-state index in [1.807, 2.05) is 36.7 Å². The summed E-state index contributed by atoms with van der Waals surface area (Å²) in [6, 6.07) is 17.9. The number of nitrogens with one attached hydrogen (secondary N) is 1. The van der Waals surface area contributed by atoms with Gasteiger partial charge in [0, 0.05) is 36.6 Å². The number of rotatable bonds is 14. The standard InChI is InChI=1S/C32H37N7O6/c1-4-18-44-32(42)45-21-36-30(33)22-9-12-24(13-10-22)35-20-28-37-25-19-23(11-14-26(25)38(28)3)31(41)39(17-15-29(40)43-5-2)27-8-6-7-16-34-27/h6-14,16,19,35H,4-5,15,17-18,20-21H2,1-3H3,(H2,33,36). The molecule has 0 aliphatic heterocycles. The van der Waals surface area contributed by atoms with Gasteiger partial charge in [-0.3, -0.25) is 14.5 Å². The third-order valence-corrected chi connectivity index (χ3v) is 6.71. The largest absolute Gasteiger partial charge is 0.510 e. The Morgan fingerprint density at radius 2 is 1.78 bits per heavy atom. The van der Waals surface area contributed by atoms with Crippen LogP contribution in [0.5, 0.6) is 0 Å². The molecule has 13 heteroatoms. The van der Waals surface area contributed by atoms with Gasteiger partial charge in [-0.1, -0.05) is 13.0 Å². The lowest BCUT2D eigenvalue weighted by Crippen LogP contribution is -2.34. The Morgan fingerprint density at radius 1 is 1.00 bits per heavy atom. The third kappa shape index (κ3) is 8.78. The molecule has 0 spiro atoms. The Balaban J connectivity index is 1.42. The number of hydrogen-bond donors (Lipinski definition) is 2. The molecule has 0 atom stereocenters. The van der Waals surface area contributed by atoms with Crippen LogP contribution in [0.25, 0.3) is 11.0 Å². The summed E-state index contributed by atoms with van der Waals surface area (Å²) in [7, 11) is 1.91. The minimum Gasteiger partial charge on any atom is -0.466 e. The van der Waals surface area contributed by atoms with Crippen LogP contribution in [0.15, 0.2) is 71.9 Å². The molecular weight excluding hydrogens is 578 g/mol. The molecule has 1 amide bonds. The van der Waals surface area contributed by atoms with Crippen molar-refractivity contribution in [3.8, 4) is 0 Å². The predicted molar refractivity (Wildman–Crippen MR) is 170 cm³/mol. The van der Waals surface area contributed by atoms with Gasteiger partial charge in [-0.2, -0.15) is 0 Å². The van der Waals surface area contributed by atoms with E-state index < -0.39 is 6.16 Å². The number of imidazole rings is 1. The van der Waals surface area contributed by atoms with Gasteiger partial charge in [0.05, 0.1) is 37.2 Å². The van der Waals surface area contributed by atoms with E-state index in [2.05, 4.69) is 15.3 Å². The van der Waals surface area contributed by atoms with Gasteiger partial charge in [-0.15, -0.1) is 0 Å². The summed E-state index contributed by atoms with van der Waals surface area (Å²) in [5.74, 6) is 0.753. The molecular formula is C32H37N7O6. The van der Waals surface area contributed by atoms with Gasteiger partial charge in [0.1, 0.15) is 17.5 Å². The number of aliphatic imine (C=N–C) groups is 1. The molecule has 0 bridgehead atoms. The van der Waals surface area contributed by atoms with Crippen LogP contribution in [-0.4, -0.2) is 64.9 Å². The summed E-state index contributed by atoms with van der Waals surface area (Å²) in [5.41, 5.74) is 9.47. The third-order valence-electron chi connectivity index (χ3n) is 6.71. The molecule has 4 aromatic rings. The van der Waals surface area contributed by atoms with E-state index in [1.165, 1.54) is 4.90 Å². The van der Waals surface area contributed by atoms with E-state index in [0.717, 1.165) is 17.0 Å². The van der Waals surface area contributed by atoms with Crippen molar-refractivity contribution in [2.75, 3.05) is 36.7 Å². The number of carbonyl (C=O) groups excluding carboxylic acids is 3. The van der Waals surface area contributed by atoms with Crippen LogP contribution in [-0.2, 0) is 32.6 Å². The number of aryl methyl sites for hydroxylation is 1. The van der Waals surface area contributed by atoms with Crippen LogP contribution in [0.3, 0.4) is 0 Å². The maximum Gasteiger partial charge on any atom is 0.510 e. The van der Waals surface area contributed by atoms with Gasteiger partial charge in [0.2, 0.25) is 0 Å². The molecule has 0 unspecified atom stereocenters. The van der Waals surface area contributed by atoms with Gasteiger partial charge < -0.3 is 29.8 Å². The van der Waals surface area contributed by atoms with Crippen molar-refractivity contribution in [2.45, 2.75) is 33.2 Å². The molecule has 2 aromatic heterocycles. The normalized spacial score (nSPS) is 11.2. The average molecular weight is 616 g/mol. The van der Waals surface area contributed by atoms with Crippen molar-refractivity contribution in [1.82, 2.24) is 14.5 Å². The lowest BCUT2D eigenvalue weighted by atomic mass is 10.1. The fourth-order valence-electron chi connectivity index (χ4n) is 4.38. The van der Waals surface area contributed by atoms with Crippen LogP contribution in [0.4, 0.5) is 16.3 Å². The van der Waals surface area contributed by atoms with Crippen LogP contribution < -0.4 is 16.0 Å². The Bertz CT molecular complexity index is 1640. The number of carbonyl (C=O) groups is 3. The molecule has 4 rings (SSSR count). The number of nitrogens with two attached hydrogens (primary N) is 1. The second kappa shape index (κ2) is 15.8. The molecule has 3 N–H and O–H groups in total. The minimum atomic E-state index is -0.782. The lowest BCUT2D eigenvalue weighted by Gasteiger charge is -2.21. The first-order valence-electron chi connectivity index (χ1n) is 14.6. The monoisotopic (exact) mass is 615 g/mol. The zero-order valence-electron chi connectivity index (χ0n) is 25.6. The molecule has 2 heterocycles. The maximum atomic E-state index is 13.6. The highest BCUT2D eigenvalue weighted by Gasteiger charge is 2.21. The SMILES string of the molecule is CCCOC(=O)OC/N=C(/N)c1ccc(NCc2nc3cc(C(=O)N(CCC(=O)OCC)c4ccccn4)ccc3n2C)cc1. The van der Waals surface area contributed by atoms with E-state index in [0.29, 0.717) is 35.4 Å². The zero-order chi connectivity index (χ0) is 32.2. The molecule has 236 valence electrons. The molecule has 13 nitrogen and oxygen atoms in total. The summed E-state index contributed by atoms with van der Waals surface area (Å²) in [6.07, 6.45) is 1.56. The summed E-state index contributed by atoms with van der Waals surface area (Å²) in [5, 5.41) is 3.34. The molecule has 0 fully saturated rings. The van der Waals surface area contributed by atoms with E-state index >= 15 is 0 Å². The number of pyridine rings is 1. The van der Waals surface area contributed by atoms with E-state index in [1.54, 1.807) is 55.6 Å². The summed E-state index contributed by atoms with van der Waals surface area (Å²) < 4.78 is 16.7. The maximum absolute atomic E-state index is 13.6. The minimum absolute atomic E-state index is 0.0438. The number of hydrogen-bond acceptors (Lipinski definition) is 10. The molecule has 0 saturated heterocycles. The van der Waals surface area contributed by atoms with Crippen molar-refractivity contribution >= 4 is 46.4 Å².